The molecule has 2 aromatic carbocycles. The molecular weight excluding hydrogens is 263 g/mol. The number of carboxylic acid groups (broad SMARTS) is 1. The third kappa shape index (κ3) is 3.26. The lowest BCUT2D eigenvalue weighted by molar-refractivity contribution is 0.0696. The number of aromatic carboxylic acids is 1. The molecule has 0 fully saturated rings. The predicted molar refractivity (Wildman–Crippen MR) is 70.7 cm³/mol. The number of halogens is 1. The van der Waals surface area contributed by atoms with Crippen molar-refractivity contribution in [3.05, 3.63) is 59.4 Å². The molecule has 0 aliphatic heterocycles. The zero-order valence-electron chi connectivity index (χ0n) is 10.8. The molecule has 0 aromatic heterocycles. The van der Waals surface area contributed by atoms with Crippen molar-refractivity contribution in [1.29, 1.82) is 0 Å². The predicted octanol–water partition coefficient (Wildman–Crippen LogP) is 3.11. The van der Waals surface area contributed by atoms with Gasteiger partial charge in [0.2, 0.25) is 0 Å². The van der Waals surface area contributed by atoms with Gasteiger partial charge in [-0.2, -0.15) is 0 Å². The smallest absolute Gasteiger partial charge is 0.335 e. The Morgan fingerprint density at radius 2 is 1.80 bits per heavy atom. The standard InChI is InChI=1S/C15H13FO4/c1-19-12-4-6-13(7-5-12)20-9-11-3-2-10(15(17)18)8-14(11)16/h2-8H,9H2,1H3,(H,17,18). The van der Waals surface area contributed by atoms with Gasteiger partial charge in [0.15, 0.2) is 0 Å². The van der Waals surface area contributed by atoms with Crippen LogP contribution in [0, 0.1) is 5.82 Å². The number of ether oxygens (including phenoxy) is 2. The Morgan fingerprint density at radius 1 is 1.15 bits per heavy atom. The number of benzene rings is 2. The van der Waals surface area contributed by atoms with E-state index in [4.69, 9.17) is 14.6 Å². The molecule has 0 aliphatic carbocycles. The lowest BCUT2D eigenvalue weighted by atomic mass is 10.1. The van der Waals surface area contributed by atoms with Gasteiger partial charge in [-0.25, -0.2) is 9.18 Å². The summed E-state index contributed by atoms with van der Waals surface area (Å²) < 4.78 is 24.1. The van der Waals surface area contributed by atoms with Crippen LogP contribution in [0.5, 0.6) is 11.5 Å². The number of carbonyl (C=O) groups is 1. The zero-order chi connectivity index (χ0) is 14.5. The van der Waals surface area contributed by atoms with E-state index in [2.05, 4.69) is 0 Å². The van der Waals surface area contributed by atoms with Crippen LogP contribution in [0.1, 0.15) is 15.9 Å². The maximum Gasteiger partial charge on any atom is 0.335 e. The lowest BCUT2D eigenvalue weighted by Gasteiger charge is -2.08. The van der Waals surface area contributed by atoms with Crippen LogP contribution in [-0.2, 0) is 6.61 Å². The first-order valence-corrected chi connectivity index (χ1v) is 5.88. The fraction of sp³-hybridized carbons (Fsp3) is 0.133. The minimum Gasteiger partial charge on any atom is -0.497 e. The van der Waals surface area contributed by atoms with Crippen LogP contribution in [0.2, 0.25) is 0 Å². The minimum atomic E-state index is -1.16. The van der Waals surface area contributed by atoms with Crippen LogP contribution in [0.15, 0.2) is 42.5 Å². The van der Waals surface area contributed by atoms with Gasteiger partial charge in [0.05, 0.1) is 12.7 Å². The van der Waals surface area contributed by atoms with Gasteiger partial charge < -0.3 is 14.6 Å². The van der Waals surface area contributed by atoms with E-state index in [-0.39, 0.29) is 12.2 Å². The molecule has 2 rings (SSSR count). The van der Waals surface area contributed by atoms with Gasteiger partial charge in [0, 0.05) is 5.56 Å². The van der Waals surface area contributed by atoms with E-state index >= 15 is 0 Å². The lowest BCUT2D eigenvalue weighted by Crippen LogP contribution is -2.02. The molecule has 0 heterocycles. The van der Waals surface area contributed by atoms with Gasteiger partial charge in [-0.15, -0.1) is 0 Å². The Bertz CT molecular complexity index is 608. The quantitative estimate of drug-likeness (QED) is 0.911. The highest BCUT2D eigenvalue weighted by molar-refractivity contribution is 5.87. The third-order valence-corrected chi connectivity index (χ3v) is 2.75. The Kier molecular flexibility index (Phi) is 4.20. The molecule has 0 amide bonds. The summed E-state index contributed by atoms with van der Waals surface area (Å²) in [5.74, 6) is -0.480. The molecule has 2 aromatic rings. The van der Waals surface area contributed by atoms with Crippen molar-refractivity contribution in [2.75, 3.05) is 7.11 Å². The van der Waals surface area contributed by atoms with Crippen molar-refractivity contribution >= 4 is 5.97 Å². The molecule has 20 heavy (non-hydrogen) atoms. The Balaban J connectivity index is 2.04. The number of carboxylic acids is 1. The maximum atomic E-state index is 13.7. The normalized spacial score (nSPS) is 10.1. The van der Waals surface area contributed by atoms with Gasteiger partial charge in [-0.3, -0.25) is 0 Å². The average Bonchev–Trinajstić information content (AvgIpc) is 2.46. The highest BCUT2D eigenvalue weighted by Gasteiger charge is 2.08. The summed E-state index contributed by atoms with van der Waals surface area (Å²) in [6.45, 7) is 0.0259. The molecule has 4 nitrogen and oxygen atoms in total. The molecule has 0 aliphatic rings. The van der Waals surface area contributed by atoms with Gasteiger partial charge in [-0.05, 0) is 36.4 Å². The van der Waals surface area contributed by atoms with E-state index in [0.717, 1.165) is 6.07 Å². The second-order valence-electron chi connectivity index (χ2n) is 4.08. The fourth-order valence-electron chi connectivity index (χ4n) is 1.63. The van der Waals surface area contributed by atoms with Crippen molar-refractivity contribution < 1.29 is 23.8 Å². The first-order chi connectivity index (χ1) is 9.60. The Hall–Kier alpha value is -2.56. The molecular formula is C15H13FO4. The molecule has 0 atom stereocenters. The summed E-state index contributed by atoms with van der Waals surface area (Å²) in [5, 5.41) is 8.75. The topological polar surface area (TPSA) is 55.8 Å². The monoisotopic (exact) mass is 276 g/mol. The molecule has 1 N–H and O–H groups in total. The van der Waals surface area contributed by atoms with Crippen LogP contribution in [-0.4, -0.2) is 18.2 Å². The van der Waals surface area contributed by atoms with Gasteiger partial charge in [0.1, 0.15) is 23.9 Å². The molecule has 0 bridgehead atoms. The molecule has 0 unspecified atom stereocenters. The van der Waals surface area contributed by atoms with Crippen LogP contribution in [0.4, 0.5) is 4.39 Å². The maximum absolute atomic E-state index is 13.7. The first kappa shape index (κ1) is 13.9. The summed E-state index contributed by atoms with van der Waals surface area (Å²) in [4.78, 5) is 10.7. The second-order valence-corrected chi connectivity index (χ2v) is 4.08. The summed E-state index contributed by atoms with van der Waals surface area (Å²) in [6.07, 6.45) is 0. The Labute approximate surface area is 115 Å². The summed E-state index contributed by atoms with van der Waals surface area (Å²) in [5.41, 5.74) is 0.210. The van der Waals surface area contributed by atoms with E-state index in [1.165, 1.54) is 12.1 Å². The van der Waals surface area contributed by atoms with Crippen molar-refractivity contribution in [2.45, 2.75) is 6.61 Å². The van der Waals surface area contributed by atoms with Crippen molar-refractivity contribution in [3.8, 4) is 11.5 Å². The molecule has 0 saturated heterocycles. The van der Waals surface area contributed by atoms with Crippen molar-refractivity contribution in [1.82, 2.24) is 0 Å². The highest BCUT2D eigenvalue weighted by Crippen LogP contribution is 2.19. The molecule has 0 saturated carbocycles. The van der Waals surface area contributed by atoms with Crippen LogP contribution in [0.3, 0.4) is 0 Å². The number of methoxy groups -OCH3 is 1. The summed E-state index contributed by atoms with van der Waals surface area (Å²) >= 11 is 0. The van der Waals surface area contributed by atoms with Gasteiger partial charge in [0.25, 0.3) is 0 Å². The zero-order valence-corrected chi connectivity index (χ0v) is 10.8. The first-order valence-electron chi connectivity index (χ1n) is 5.88. The van der Waals surface area contributed by atoms with E-state index in [1.54, 1.807) is 31.4 Å². The van der Waals surface area contributed by atoms with E-state index < -0.39 is 11.8 Å². The molecule has 0 radical (unpaired) electrons. The van der Waals surface area contributed by atoms with E-state index in [0.29, 0.717) is 17.1 Å². The van der Waals surface area contributed by atoms with Crippen LogP contribution in [0.25, 0.3) is 0 Å². The summed E-state index contributed by atoms with van der Waals surface area (Å²) in [7, 11) is 1.56. The van der Waals surface area contributed by atoms with Gasteiger partial charge >= 0.3 is 5.97 Å². The van der Waals surface area contributed by atoms with E-state index in [9.17, 15) is 9.18 Å². The second kappa shape index (κ2) is 6.06. The SMILES string of the molecule is COc1ccc(OCc2ccc(C(=O)O)cc2F)cc1. The highest BCUT2D eigenvalue weighted by atomic mass is 19.1. The van der Waals surface area contributed by atoms with Crippen LogP contribution < -0.4 is 9.47 Å². The summed E-state index contributed by atoms with van der Waals surface area (Å²) in [6, 6.07) is 10.6. The van der Waals surface area contributed by atoms with Crippen LogP contribution >= 0.6 is 0 Å². The van der Waals surface area contributed by atoms with Crippen molar-refractivity contribution in [3.63, 3.8) is 0 Å². The third-order valence-electron chi connectivity index (χ3n) is 2.75. The molecule has 0 spiro atoms. The van der Waals surface area contributed by atoms with Gasteiger partial charge in [-0.1, -0.05) is 6.07 Å². The van der Waals surface area contributed by atoms with Crippen molar-refractivity contribution in [2.24, 2.45) is 0 Å². The average molecular weight is 276 g/mol. The largest absolute Gasteiger partial charge is 0.497 e. The number of hydrogen-bond donors (Lipinski definition) is 1. The van der Waals surface area contributed by atoms with E-state index in [1.807, 2.05) is 0 Å². The minimum absolute atomic E-state index is 0.0259. The molecule has 104 valence electrons. The Morgan fingerprint density at radius 3 is 2.35 bits per heavy atom. The fourth-order valence-corrected chi connectivity index (χ4v) is 1.63. The number of hydrogen-bond acceptors (Lipinski definition) is 3. The number of rotatable bonds is 5. The molecule has 5 heteroatoms.